The highest BCUT2D eigenvalue weighted by molar-refractivity contribution is 5.95. The van der Waals surface area contributed by atoms with Crippen LogP contribution in [-0.2, 0) is 6.42 Å². The van der Waals surface area contributed by atoms with E-state index in [0.717, 1.165) is 48.9 Å². The third kappa shape index (κ3) is 5.66. The fraction of sp³-hybridized carbons (Fsp3) is 0.407. The molecule has 1 fully saturated rings. The molecule has 8 heteroatoms. The lowest BCUT2D eigenvalue weighted by Crippen LogP contribution is -2.44. The van der Waals surface area contributed by atoms with E-state index in [-0.39, 0.29) is 5.91 Å². The van der Waals surface area contributed by atoms with Crippen LogP contribution in [-0.4, -0.2) is 59.1 Å². The van der Waals surface area contributed by atoms with Crippen molar-refractivity contribution in [2.24, 2.45) is 17.5 Å². The van der Waals surface area contributed by atoms with Crippen molar-refractivity contribution in [3.05, 3.63) is 65.5 Å². The maximum absolute atomic E-state index is 12.9. The number of nitrogens with one attached hydrogen (secondary N) is 1. The number of rotatable bonds is 7. The molecule has 1 saturated heterocycles. The summed E-state index contributed by atoms with van der Waals surface area (Å²) in [6, 6.07) is 14.2. The van der Waals surface area contributed by atoms with E-state index in [2.05, 4.69) is 55.2 Å². The Bertz CT molecular complexity index is 1190. The number of carbonyl (C=O) groups is 1. The van der Waals surface area contributed by atoms with Crippen LogP contribution in [0.3, 0.4) is 0 Å². The van der Waals surface area contributed by atoms with Crippen LogP contribution in [0.4, 0.5) is 5.69 Å². The van der Waals surface area contributed by atoms with E-state index in [9.17, 15) is 4.79 Å². The van der Waals surface area contributed by atoms with Crippen molar-refractivity contribution in [1.82, 2.24) is 20.0 Å². The predicted octanol–water partition coefficient (Wildman–Crippen LogP) is 3.57. The van der Waals surface area contributed by atoms with Crippen LogP contribution in [0.25, 0.3) is 16.6 Å². The highest BCUT2D eigenvalue weighted by Gasteiger charge is 2.24. The van der Waals surface area contributed by atoms with Gasteiger partial charge in [0.25, 0.3) is 5.91 Å². The lowest BCUT2D eigenvalue weighted by atomic mass is 10.0. The fourth-order valence-electron chi connectivity index (χ4n) is 4.71. The van der Waals surface area contributed by atoms with Crippen molar-refractivity contribution in [2.45, 2.75) is 39.2 Å². The number of nitrogens with zero attached hydrogens (tertiary/aromatic N) is 4. The van der Waals surface area contributed by atoms with E-state index in [0.29, 0.717) is 28.9 Å². The number of carbonyl (C=O) groups excluding carboxylic acids is 1. The molecule has 2 heterocycles. The molecule has 0 aliphatic carbocycles. The van der Waals surface area contributed by atoms with Crippen molar-refractivity contribution in [3.8, 4) is 0 Å². The van der Waals surface area contributed by atoms with Gasteiger partial charge in [0.2, 0.25) is 0 Å². The Morgan fingerprint density at radius 2 is 1.86 bits per heavy atom. The first-order chi connectivity index (χ1) is 16.7. The zero-order valence-corrected chi connectivity index (χ0v) is 21.2. The van der Waals surface area contributed by atoms with Crippen LogP contribution < -0.4 is 16.6 Å². The number of hydrogen-bond donors (Lipinski definition) is 3. The minimum absolute atomic E-state index is 0.0626. The predicted molar refractivity (Wildman–Crippen MR) is 143 cm³/mol. The first kappa shape index (κ1) is 24.8. The molecule has 1 aliphatic rings. The molecule has 8 nitrogen and oxygen atoms in total. The molecule has 186 valence electrons. The highest BCUT2D eigenvalue weighted by Crippen LogP contribution is 2.24. The third-order valence-electron chi connectivity index (χ3n) is 6.72. The van der Waals surface area contributed by atoms with E-state index in [4.69, 9.17) is 11.6 Å². The summed E-state index contributed by atoms with van der Waals surface area (Å²) in [6.45, 7) is 5.96. The Kier molecular flexibility index (Phi) is 7.42. The van der Waals surface area contributed by atoms with Crippen molar-refractivity contribution in [2.75, 3.05) is 32.2 Å². The first-order valence-corrected chi connectivity index (χ1v) is 12.3. The summed E-state index contributed by atoms with van der Waals surface area (Å²) in [5.74, 6) is 6.92. The van der Waals surface area contributed by atoms with Gasteiger partial charge in [-0.2, -0.15) is 5.10 Å². The highest BCUT2D eigenvalue weighted by atomic mass is 16.2. The molecule has 2 aromatic carbocycles. The van der Waals surface area contributed by atoms with Gasteiger partial charge in [0.1, 0.15) is 5.69 Å². The molecule has 0 unspecified atom stereocenters. The molecule has 4 rings (SSSR count). The van der Waals surface area contributed by atoms with Gasteiger partial charge in [0, 0.05) is 36.3 Å². The van der Waals surface area contributed by atoms with Crippen LogP contribution >= 0.6 is 0 Å². The van der Waals surface area contributed by atoms with Crippen LogP contribution in [0.15, 0.2) is 48.7 Å². The topological polar surface area (TPSA) is 108 Å². The largest absolute Gasteiger partial charge is 0.396 e. The summed E-state index contributed by atoms with van der Waals surface area (Å²) in [5, 5.41) is 9.90. The number of benzene rings is 2. The van der Waals surface area contributed by atoms with E-state index in [1.807, 2.05) is 35.2 Å². The van der Waals surface area contributed by atoms with Crippen LogP contribution in [0.1, 0.15) is 48.3 Å². The number of likely N-dealkylation sites (tertiary alicyclic amines) is 1. The number of piperidine rings is 1. The van der Waals surface area contributed by atoms with E-state index in [1.165, 1.54) is 10.6 Å². The molecule has 35 heavy (non-hydrogen) atoms. The SMILES string of the molecule is CC(C)Cc1ccc2[nH]nc(/C(N)=C/N(N)c3ccc(C(=O)N4CCC(N(C)C)CC4)cc3)c2c1. The number of nitrogens with two attached hydrogens (primary N) is 2. The Balaban J connectivity index is 1.46. The van der Waals surface area contributed by atoms with Crippen LogP contribution in [0.5, 0.6) is 0 Å². The smallest absolute Gasteiger partial charge is 0.253 e. The Hall–Kier alpha value is -3.36. The minimum Gasteiger partial charge on any atom is -0.396 e. The van der Waals surface area contributed by atoms with Crippen LogP contribution in [0, 0.1) is 5.92 Å². The van der Waals surface area contributed by atoms with Crippen molar-refractivity contribution in [1.29, 1.82) is 0 Å². The minimum atomic E-state index is 0.0626. The fourth-order valence-corrected chi connectivity index (χ4v) is 4.71. The molecule has 0 atom stereocenters. The summed E-state index contributed by atoms with van der Waals surface area (Å²) >= 11 is 0. The Labute approximate surface area is 207 Å². The number of anilines is 1. The maximum atomic E-state index is 12.9. The molecule has 1 aliphatic heterocycles. The molecular weight excluding hydrogens is 438 g/mol. The second-order valence-corrected chi connectivity index (χ2v) is 10.1. The summed E-state index contributed by atoms with van der Waals surface area (Å²) < 4.78 is 0. The van der Waals surface area contributed by atoms with Gasteiger partial charge in [-0.1, -0.05) is 19.9 Å². The first-order valence-electron chi connectivity index (χ1n) is 12.3. The average molecular weight is 476 g/mol. The maximum Gasteiger partial charge on any atom is 0.253 e. The molecule has 1 amide bonds. The number of amides is 1. The number of aromatic amines is 1. The van der Waals surface area contributed by atoms with Gasteiger partial charge in [0.05, 0.1) is 16.9 Å². The second kappa shape index (κ2) is 10.5. The number of aromatic nitrogens is 2. The lowest BCUT2D eigenvalue weighted by Gasteiger charge is -2.35. The summed E-state index contributed by atoms with van der Waals surface area (Å²) in [4.78, 5) is 17.1. The van der Waals surface area contributed by atoms with Crippen LogP contribution in [0.2, 0.25) is 0 Å². The lowest BCUT2D eigenvalue weighted by molar-refractivity contribution is 0.0663. The molecule has 3 aromatic rings. The van der Waals surface area contributed by atoms with E-state index >= 15 is 0 Å². The van der Waals surface area contributed by atoms with Gasteiger partial charge in [0.15, 0.2) is 0 Å². The molecule has 0 bridgehead atoms. The van der Waals surface area contributed by atoms with Crippen molar-refractivity contribution in [3.63, 3.8) is 0 Å². The Morgan fingerprint density at radius 3 is 2.49 bits per heavy atom. The third-order valence-corrected chi connectivity index (χ3v) is 6.72. The Morgan fingerprint density at radius 1 is 1.17 bits per heavy atom. The summed E-state index contributed by atoms with van der Waals surface area (Å²) in [6.07, 6.45) is 4.65. The molecular formula is C27H37N7O. The normalized spacial score (nSPS) is 15.4. The van der Waals surface area contributed by atoms with Crippen molar-refractivity contribution >= 4 is 28.2 Å². The molecule has 0 saturated carbocycles. The second-order valence-electron chi connectivity index (χ2n) is 10.1. The molecule has 1 aromatic heterocycles. The van der Waals surface area contributed by atoms with Gasteiger partial charge in [-0.05, 0) is 81.2 Å². The molecule has 5 N–H and O–H groups in total. The van der Waals surface area contributed by atoms with Crippen molar-refractivity contribution < 1.29 is 4.79 Å². The van der Waals surface area contributed by atoms with Gasteiger partial charge in [-0.3, -0.25) is 14.9 Å². The quantitative estimate of drug-likeness (QED) is 0.356. The number of hydrogen-bond acceptors (Lipinski definition) is 6. The summed E-state index contributed by atoms with van der Waals surface area (Å²) in [7, 11) is 4.19. The van der Waals surface area contributed by atoms with E-state index < -0.39 is 0 Å². The zero-order valence-electron chi connectivity index (χ0n) is 21.2. The van der Waals surface area contributed by atoms with Gasteiger partial charge in [-0.25, -0.2) is 5.84 Å². The van der Waals surface area contributed by atoms with E-state index in [1.54, 1.807) is 6.20 Å². The van der Waals surface area contributed by atoms with Gasteiger partial charge < -0.3 is 15.5 Å². The zero-order chi connectivity index (χ0) is 25.1. The number of fused-ring (bicyclic) bond motifs is 1. The summed E-state index contributed by atoms with van der Waals surface area (Å²) in [5.41, 5.74) is 11.1. The molecule has 0 spiro atoms. The van der Waals surface area contributed by atoms with Gasteiger partial charge >= 0.3 is 0 Å². The number of hydrazine groups is 1. The molecule has 0 radical (unpaired) electrons. The van der Waals surface area contributed by atoms with Gasteiger partial charge in [-0.15, -0.1) is 0 Å². The monoisotopic (exact) mass is 475 g/mol. The average Bonchev–Trinajstić information content (AvgIpc) is 3.26. The standard InChI is InChI=1S/C27H37N7O/c1-18(2)15-19-5-10-25-23(16-19)26(31-30-25)24(28)17-34(29)22-8-6-20(7-9-22)27(35)33-13-11-21(12-14-33)32(3)4/h5-10,16-18,21H,11-15,28-29H2,1-4H3,(H,30,31)/b24-17-. The number of H-pyrrole nitrogens is 1.